The Kier molecular flexibility index (Phi) is 3.98. The molecule has 3 nitrogen and oxygen atoms in total. The smallest absolute Gasteiger partial charge is 0.152 e. The SMILES string of the molecule is CC1(C(=O)CC2CCOCC2)CCCCN1. The Morgan fingerprint density at radius 1 is 1.38 bits per heavy atom. The van der Waals surface area contributed by atoms with Gasteiger partial charge in [-0.15, -0.1) is 0 Å². The van der Waals surface area contributed by atoms with Crippen molar-refractivity contribution in [2.24, 2.45) is 5.92 Å². The summed E-state index contributed by atoms with van der Waals surface area (Å²) in [5.74, 6) is 0.973. The molecule has 0 aromatic carbocycles. The molecule has 2 heterocycles. The van der Waals surface area contributed by atoms with Gasteiger partial charge in [0.15, 0.2) is 5.78 Å². The van der Waals surface area contributed by atoms with Gasteiger partial charge in [-0.2, -0.15) is 0 Å². The van der Waals surface area contributed by atoms with Crippen molar-refractivity contribution in [3.8, 4) is 0 Å². The lowest BCUT2D eigenvalue weighted by molar-refractivity contribution is -0.127. The molecule has 0 aromatic rings. The highest BCUT2D eigenvalue weighted by Crippen LogP contribution is 2.26. The molecule has 0 amide bonds. The fourth-order valence-electron chi connectivity index (χ4n) is 2.73. The van der Waals surface area contributed by atoms with Gasteiger partial charge in [-0.05, 0) is 51.5 Å². The lowest BCUT2D eigenvalue weighted by Gasteiger charge is -2.35. The molecule has 2 saturated heterocycles. The van der Waals surface area contributed by atoms with Gasteiger partial charge < -0.3 is 10.1 Å². The van der Waals surface area contributed by atoms with Crippen molar-refractivity contribution >= 4 is 5.78 Å². The van der Waals surface area contributed by atoms with Crippen LogP contribution in [0.15, 0.2) is 0 Å². The Morgan fingerprint density at radius 2 is 2.12 bits per heavy atom. The number of carbonyl (C=O) groups is 1. The third-order valence-electron chi connectivity index (χ3n) is 4.05. The third kappa shape index (κ3) is 2.83. The molecule has 3 heteroatoms. The zero-order valence-electron chi connectivity index (χ0n) is 10.3. The molecular formula is C13H23NO2. The molecule has 2 fully saturated rings. The third-order valence-corrected chi connectivity index (χ3v) is 4.05. The van der Waals surface area contributed by atoms with Gasteiger partial charge in [0.1, 0.15) is 0 Å². The number of ether oxygens (including phenoxy) is 1. The summed E-state index contributed by atoms with van der Waals surface area (Å²) in [5.41, 5.74) is -0.240. The van der Waals surface area contributed by atoms with Gasteiger partial charge in [0.05, 0.1) is 5.54 Å². The number of Topliss-reactive ketones (excluding diaryl/α,β-unsaturated/α-hetero) is 1. The molecule has 1 N–H and O–H groups in total. The van der Waals surface area contributed by atoms with E-state index in [2.05, 4.69) is 12.2 Å². The lowest BCUT2D eigenvalue weighted by Crippen LogP contribution is -2.52. The highest BCUT2D eigenvalue weighted by molar-refractivity contribution is 5.88. The number of carbonyl (C=O) groups excluding carboxylic acids is 1. The van der Waals surface area contributed by atoms with Crippen LogP contribution in [0.5, 0.6) is 0 Å². The van der Waals surface area contributed by atoms with Crippen LogP contribution in [-0.2, 0) is 9.53 Å². The summed E-state index contributed by atoms with van der Waals surface area (Å²) < 4.78 is 5.32. The molecule has 92 valence electrons. The van der Waals surface area contributed by atoms with Crippen molar-refractivity contribution < 1.29 is 9.53 Å². The summed E-state index contributed by atoms with van der Waals surface area (Å²) in [7, 11) is 0. The van der Waals surface area contributed by atoms with E-state index < -0.39 is 0 Å². The van der Waals surface area contributed by atoms with Crippen molar-refractivity contribution in [1.29, 1.82) is 0 Å². The van der Waals surface area contributed by atoms with Gasteiger partial charge in [-0.1, -0.05) is 0 Å². The van der Waals surface area contributed by atoms with Gasteiger partial charge in [0.2, 0.25) is 0 Å². The van der Waals surface area contributed by atoms with Crippen molar-refractivity contribution in [1.82, 2.24) is 5.32 Å². The molecule has 0 radical (unpaired) electrons. The van der Waals surface area contributed by atoms with Crippen LogP contribution in [0.3, 0.4) is 0 Å². The van der Waals surface area contributed by atoms with Gasteiger partial charge >= 0.3 is 0 Å². The van der Waals surface area contributed by atoms with Crippen molar-refractivity contribution in [2.75, 3.05) is 19.8 Å². The average Bonchev–Trinajstić information content (AvgIpc) is 2.31. The number of hydrogen-bond acceptors (Lipinski definition) is 3. The van der Waals surface area contributed by atoms with Gasteiger partial charge in [0.25, 0.3) is 0 Å². The summed E-state index contributed by atoms with van der Waals surface area (Å²) >= 11 is 0. The second-order valence-corrected chi connectivity index (χ2v) is 5.40. The van der Waals surface area contributed by atoms with Gasteiger partial charge in [-0.25, -0.2) is 0 Å². The zero-order valence-corrected chi connectivity index (χ0v) is 10.3. The zero-order chi connectivity index (χ0) is 11.4. The number of hydrogen-bond donors (Lipinski definition) is 1. The first-order chi connectivity index (χ1) is 7.71. The number of ketones is 1. The Labute approximate surface area is 97.9 Å². The molecule has 0 bridgehead atoms. The van der Waals surface area contributed by atoms with E-state index in [1.165, 1.54) is 12.8 Å². The molecule has 0 aliphatic carbocycles. The van der Waals surface area contributed by atoms with Crippen LogP contribution < -0.4 is 5.32 Å². The second-order valence-electron chi connectivity index (χ2n) is 5.40. The quantitative estimate of drug-likeness (QED) is 0.797. The van der Waals surface area contributed by atoms with Crippen LogP contribution in [0.4, 0.5) is 0 Å². The van der Waals surface area contributed by atoms with Crippen LogP contribution in [0.2, 0.25) is 0 Å². The van der Waals surface area contributed by atoms with E-state index in [0.29, 0.717) is 11.7 Å². The molecule has 2 aliphatic rings. The van der Waals surface area contributed by atoms with E-state index in [9.17, 15) is 4.79 Å². The largest absolute Gasteiger partial charge is 0.381 e. The maximum Gasteiger partial charge on any atom is 0.152 e. The van der Waals surface area contributed by atoms with Crippen LogP contribution in [0.1, 0.15) is 45.4 Å². The molecular weight excluding hydrogens is 202 g/mol. The Bertz CT molecular complexity index is 240. The maximum atomic E-state index is 12.3. The Hall–Kier alpha value is -0.410. The summed E-state index contributed by atoms with van der Waals surface area (Å²) in [6.07, 6.45) is 6.26. The predicted molar refractivity (Wildman–Crippen MR) is 63.4 cm³/mol. The van der Waals surface area contributed by atoms with Crippen LogP contribution >= 0.6 is 0 Å². The normalized spacial score (nSPS) is 32.6. The van der Waals surface area contributed by atoms with Crippen molar-refractivity contribution in [2.45, 2.75) is 51.0 Å². The average molecular weight is 225 g/mol. The monoisotopic (exact) mass is 225 g/mol. The predicted octanol–water partition coefficient (Wildman–Crippen LogP) is 1.90. The maximum absolute atomic E-state index is 12.3. The van der Waals surface area contributed by atoms with E-state index in [4.69, 9.17) is 4.74 Å². The molecule has 0 aromatic heterocycles. The summed E-state index contributed by atoms with van der Waals surface area (Å²) in [6.45, 7) is 4.74. The minimum Gasteiger partial charge on any atom is -0.381 e. The fourth-order valence-corrected chi connectivity index (χ4v) is 2.73. The van der Waals surface area contributed by atoms with E-state index in [-0.39, 0.29) is 5.54 Å². The van der Waals surface area contributed by atoms with Crippen molar-refractivity contribution in [3.63, 3.8) is 0 Å². The second kappa shape index (κ2) is 5.28. The first-order valence-electron chi connectivity index (χ1n) is 6.57. The molecule has 16 heavy (non-hydrogen) atoms. The minimum absolute atomic E-state index is 0.240. The molecule has 0 spiro atoms. The van der Waals surface area contributed by atoms with Gasteiger partial charge in [0, 0.05) is 19.6 Å². The minimum atomic E-state index is -0.240. The van der Waals surface area contributed by atoms with E-state index in [0.717, 1.165) is 45.4 Å². The number of rotatable bonds is 3. The summed E-state index contributed by atoms with van der Waals surface area (Å²) in [6, 6.07) is 0. The molecule has 2 rings (SSSR count). The summed E-state index contributed by atoms with van der Waals surface area (Å²) in [5, 5.41) is 3.40. The van der Waals surface area contributed by atoms with E-state index >= 15 is 0 Å². The molecule has 0 saturated carbocycles. The van der Waals surface area contributed by atoms with E-state index in [1.807, 2.05) is 0 Å². The van der Waals surface area contributed by atoms with Crippen LogP contribution in [0, 0.1) is 5.92 Å². The van der Waals surface area contributed by atoms with Crippen LogP contribution in [-0.4, -0.2) is 31.1 Å². The first kappa shape index (κ1) is 12.1. The molecule has 1 atom stereocenters. The Balaban J connectivity index is 1.85. The number of nitrogens with one attached hydrogen (secondary N) is 1. The first-order valence-corrected chi connectivity index (χ1v) is 6.57. The molecule has 1 unspecified atom stereocenters. The fraction of sp³-hybridized carbons (Fsp3) is 0.923. The highest BCUT2D eigenvalue weighted by Gasteiger charge is 2.35. The lowest BCUT2D eigenvalue weighted by atomic mass is 9.81. The molecule has 2 aliphatic heterocycles. The topological polar surface area (TPSA) is 38.3 Å². The van der Waals surface area contributed by atoms with Gasteiger partial charge in [-0.3, -0.25) is 4.79 Å². The Morgan fingerprint density at radius 3 is 2.75 bits per heavy atom. The standard InChI is InChI=1S/C13H23NO2/c1-13(6-2-3-7-14-13)12(15)10-11-4-8-16-9-5-11/h11,14H,2-10H2,1H3. The highest BCUT2D eigenvalue weighted by atomic mass is 16.5. The summed E-state index contributed by atoms with van der Waals surface area (Å²) in [4.78, 5) is 12.3. The van der Waals surface area contributed by atoms with Crippen LogP contribution in [0.25, 0.3) is 0 Å². The van der Waals surface area contributed by atoms with E-state index in [1.54, 1.807) is 0 Å². The van der Waals surface area contributed by atoms with Crippen molar-refractivity contribution in [3.05, 3.63) is 0 Å². The number of piperidine rings is 1.